The summed E-state index contributed by atoms with van der Waals surface area (Å²) in [5, 5.41) is 0. The molecule has 2 heterocycles. The summed E-state index contributed by atoms with van der Waals surface area (Å²) in [6, 6.07) is 9.50. The Bertz CT molecular complexity index is 689. The average molecular weight is 359 g/mol. The molecule has 1 atom stereocenters. The summed E-state index contributed by atoms with van der Waals surface area (Å²) >= 11 is 1.71. The zero-order chi connectivity index (χ0) is 17.6. The molecule has 0 N–H and O–H groups in total. The highest BCUT2D eigenvalue weighted by Gasteiger charge is 2.27. The topological polar surface area (TPSA) is 45.7 Å². The number of hydrogen-bond donors (Lipinski definition) is 0. The van der Waals surface area contributed by atoms with Crippen LogP contribution in [0.4, 0.5) is 0 Å². The number of carbonyl (C=O) groups is 1. The van der Waals surface area contributed by atoms with Crippen LogP contribution in [-0.4, -0.2) is 54.0 Å². The second-order valence-electron chi connectivity index (χ2n) is 6.65. The maximum absolute atomic E-state index is 12.3. The Hall–Kier alpha value is -1.92. The van der Waals surface area contributed by atoms with Crippen molar-refractivity contribution in [3.63, 3.8) is 0 Å². The number of benzene rings is 1. The number of likely N-dealkylation sites (tertiary alicyclic amines) is 1. The van der Waals surface area contributed by atoms with Gasteiger partial charge < -0.3 is 14.5 Å². The molecule has 1 aromatic carbocycles. The lowest BCUT2D eigenvalue weighted by atomic mass is 10.1. The molecule has 6 heteroatoms. The van der Waals surface area contributed by atoms with Crippen LogP contribution < -0.4 is 4.74 Å². The van der Waals surface area contributed by atoms with Crippen molar-refractivity contribution in [1.29, 1.82) is 0 Å². The van der Waals surface area contributed by atoms with Crippen LogP contribution in [0.15, 0.2) is 35.8 Å². The summed E-state index contributed by atoms with van der Waals surface area (Å²) in [5.41, 5.74) is 3.03. The predicted octanol–water partition coefficient (Wildman–Crippen LogP) is 2.81. The highest BCUT2D eigenvalue weighted by Crippen LogP contribution is 2.20. The number of ether oxygens (including phenoxy) is 1. The number of hydrogen-bond acceptors (Lipinski definition) is 5. The molecule has 0 spiro atoms. The van der Waals surface area contributed by atoms with E-state index in [1.807, 2.05) is 40.7 Å². The average Bonchev–Trinajstić information content (AvgIpc) is 3.23. The number of thiazole rings is 1. The Balaban J connectivity index is 1.41. The van der Waals surface area contributed by atoms with Crippen molar-refractivity contribution in [1.82, 2.24) is 14.8 Å². The van der Waals surface area contributed by atoms with Crippen LogP contribution in [0.3, 0.4) is 0 Å². The van der Waals surface area contributed by atoms with E-state index in [9.17, 15) is 4.79 Å². The molecular formula is C19H25N3O2S. The van der Waals surface area contributed by atoms with Crippen LogP contribution in [0.2, 0.25) is 0 Å². The third-order valence-corrected chi connectivity index (χ3v) is 5.49. The molecule has 25 heavy (non-hydrogen) atoms. The van der Waals surface area contributed by atoms with E-state index in [-0.39, 0.29) is 12.5 Å². The van der Waals surface area contributed by atoms with Crippen molar-refractivity contribution >= 4 is 17.2 Å². The lowest BCUT2D eigenvalue weighted by molar-refractivity contribution is -0.132. The van der Waals surface area contributed by atoms with Gasteiger partial charge in [0.2, 0.25) is 0 Å². The normalized spacial score (nSPS) is 17.2. The van der Waals surface area contributed by atoms with Crippen molar-refractivity contribution in [2.24, 2.45) is 5.92 Å². The molecule has 0 unspecified atom stereocenters. The van der Waals surface area contributed by atoms with Gasteiger partial charge in [-0.05, 0) is 38.4 Å². The van der Waals surface area contributed by atoms with Gasteiger partial charge >= 0.3 is 0 Å². The van der Waals surface area contributed by atoms with Crippen molar-refractivity contribution in [2.75, 3.05) is 33.3 Å². The second-order valence-corrected chi connectivity index (χ2v) is 7.59. The first kappa shape index (κ1) is 17.9. The SMILES string of the molecule is Cc1ncsc1CN(C)C[C@@H]1CCN(C(=O)COc2ccccc2)C1. The second kappa shape index (κ2) is 8.45. The van der Waals surface area contributed by atoms with Gasteiger partial charge in [0.15, 0.2) is 6.61 Å². The summed E-state index contributed by atoms with van der Waals surface area (Å²) in [5.74, 6) is 1.34. The molecule has 5 nitrogen and oxygen atoms in total. The molecule has 1 aromatic heterocycles. The summed E-state index contributed by atoms with van der Waals surface area (Å²) < 4.78 is 5.57. The number of nitrogens with zero attached hydrogens (tertiary/aromatic N) is 3. The molecule has 1 fully saturated rings. The minimum Gasteiger partial charge on any atom is -0.484 e. The van der Waals surface area contributed by atoms with Crippen molar-refractivity contribution < 1.29 is 9.53 Å². The van der Waals surface area contributed by atoms with Crippen LogP contribution in [-0.2, 0) is 11.3 Å². The van der Waals surface area contributed by atoms with E-state index < -0.39 is 0 Å². The molecule has 0 bridgehead atoms. The number of aromatic nitrogens is 1. The van der Waals surface area contributed by atoms with Gasteiger partial charge in [-0.3, -0.25) is 4.79 Å². The number of para-hydroxylation sites is 1. The molecule has 0 aliphatic carbocycles. The third-order valence-electron chi connectivity index (χ3n) is 4.57. The first-order valence-electron chi connectivity index (χ1n) is 8.65. The minimum absolute atomic E-state index is 0.0762. The zero-order valence-electron chi connectivity index (χ0n) is 14.9. The summed E-state index contributed by atoms with van der Waals surface area (Å²) in [4.78, 5) is 22.2. The highest BCUT2D eigenvalue weighted by molar-refractivity contribution is 7.09. The molecule has 0 radical (unpaired) electrons. The first-order valence-corrected chi connectivity index (χ1v) is 9.53. The number of aryl methyl sites for hydroxylation is 1. The minimum atomic E-state index is 0.0762. The fourth-order valence-electron chi connectivity index (χ4n) is 3.19. The Kier molecular flexibility index (Phi) is 6.04. The van der Waals surface area contributed by atoms with Crippen LogP contribution in [0.25, 0.3) is 0 Å². The third kappa shape index (κ3) is 5.03. The Morgan fingerprint density at radius 1 is 1.40 bits per heavy atom. The molecule has 134 valence electrons. The van der Waals surface area contributed by atoms with Crippen LogP contribution in [0.1, 0.15) is 17.0 Å². The maximum atomic E-state index is 12.3. The standard InChI is InChI=1S/C19H25N3O2S/c1-15-18(25-14-20-15)12-21(2)10-16-8-9-22(11-16)19(23)13-24-17-6-4-3-5-7-17/h3-7,14,16H,8-13H2,1-2H3/t16-/m0/s1. The number of amides is 1. The summed E-state index contributed by atoms with van der Waals surface area (Å²) in [6.45, 7) is 5.76. The Morgan fingerprint density at radius 2 is 2.20 bits per heavy atom. The maximum Gasteiger partial charge on any atom is 0.260 e. The van der Waals surface area contributed by atoms with Gasteiger partial charge in [-0.2, -0.15) is 0 Å². The first-order chi connectivity index (χ1) is 12.1. The van der Waals surface area contributed by atoms with E-state index in [0.717, 1.165) is 44.0 Å². The molecule has 0 saturated carbocycles. The molecule has 3 rings (SSSR count). The lowest BCUT2D eigenvalue weighted by Gasteiger charge is -2.21. The van der Waals surface area contributed by atoms with Crippen LogP contribution >= 0.6 is 11.3 Å². The molecule has 2 aromatic rings. The van der Waals surface area contributed by atoms with Gasteiger partial charge in [0.25, 0.3) is 5.91 Å². The van der Waals surface area contributed by atoms with E-state index in [1.54, 1.807) is 11.3 Å². The Morgan fingerprint density at radius 3 is 2.92 bits per heavy atom. The van der Waals surface area contributed by atoms with Gasteiger partial charge in [0.1, 0.15) is 5.75 Å². The Labute approximate surface area is 153 Å². The zero-order valence-corrected chi connectivity index (χ0v) is 15.7. The highest BCUT2D eigenvalue weighted by atomic mass is 32.1. The van der Waals surface area contributed by atoms with Crippen molar-refractivity contribution in [2.45, 2.75) is 19.9 Å². The van der Waals surface area contributed by atoms with E-state index in [2.05, 4.69) is 23.9 Å². The van der Waals surface area contributed by atoms with Gasteiger partial charge in [-0.1, -0.05) is 18.2 Å². The lowest BCUT2D eigenvalue weighted by Crippen LogP contribution is -2.34. The number of rotatable bonds is 7. The van der Waals surface area contributed by atoms with Crippen molar-refractivity contribution in [3.05, 3.63) is 46.4 Å². The molecular weight excluding hydrogens is 334 g/mol. The van der Waals surface area contributed by atoms with Crippen LogP contribution in [0.5, 0.6) is 5.75 Å². The summed E-state index contributed by atoms with van der Waals surface area (Å²) in [6.07, 6.45) is 1.06. The van der Waals surface area contributed by atoms with Gasteiger partial charge in [0.05, 0.1) is 11.2 Å². The fourth-order valence-corrected chi connectivity index (χ4v) is 4.05. The molecule has 1 aliphatic rings. The molecule has 1 amide bonds. The van der Waals surface area contributed by atoms with Crippen LogP contribution in [0, 0.1) is 12.8 Å². The molecule has 1 aliphatic heterocycles. The monoisotopic (exact) mass is 359 g/mol. The number of carbonyl (C=O) groups excluding carboxylic acids is 1. The van der Waals surface area contributed by atoms with Crippen molar-refractivity contribution in [3.8, 4) is 5.75 Å². The quantitative estimate of drug-likeness (QED) is 0.763. The van der Waals surface area contributed by atoms with E-state index >= 15 is 0 Å². The van der Waals surface area contributed by atoms with Gasteiger partial charge in [0, 0.05) is 31.1 Å². The van der Waals surface area contributed by atoms with E-state index in [1.165, 1.54) is 4.88 Å². The largest absolute Gasteiger partial charge is 0.484 e. The fraction of sp³-hybridized carbons (Fsp3) is 0.474. The smallest absolute Gasteiger partial charge is 0.260 e. The van der Waals surface area contributed by atoms with Gasteiger partial charge in [-0.15, -0.1) is 11.3 Å². The van der Waals surface area contributed by atoms with Gasteiger partial charge in [-0.25, -0.2) is 4.98 Å². The van der Waals surface area contributed by atoms with E-state index in [4.69, 9.17) is 4.74 Å². The molecule has 1 saturated heterocycles. The van der Waals surface area contributed by atoms with E-state index in [0.29, 0.717) is 5.92 Å². The summed E-state index contributed by atoms with van der Waals surface area (Å²) in [7, 11) is 2.14. The predicted molar refractivity (Wildman–Crippen MR) is 99.8 cm³/mol.